The number of rotatable bonds is 7. The van der Waals surface area contributed by atoms with Crippen LogP contribution in [-0.2, 0) is 19.1 Å². The van der Waals surface area contributed by atoms with Crippen LogP contribution >= 0.6 is 0 Å². The summed E-state index contributed by atoms with van der Waals surface area (Å²) in [5.41, 5.74) is 1.24. The van der Waals surface area contributed by atoms with Crippen molar-refractivity contribution in [1.29, 1.82) is 5.26 Å². The maximum atomic E-state index is 13.4. The molecule has 0 bridgehead atoms. The highest BCUT2D eigenvalue weighted by molar-refractivity contribution is 5.95. The molecular formula is C25H30N6O4. The number of hydrogen-bond acceptors (Lipinski definition) is 7. The lowest BCUT2D eigenvalue weighted by atomic mass is 10.1. The van der Waals surface area contributed by atoms with Gasteiger partial charge < -0.3 is 30.2 Å². The minimum absolute atomic E-state index is 0.0368. The number of ether oxygens (including phenoxy) is 1. The Kier molecular flexibility index (Phi) is 7.55. The molecule has 1 atom stereocenters. The smallest absolute Gasteiger partial charge is 0.352 e. The first-order valence-corrected chi connectivity index (χ1v) is 11.9. The Labute approximate surface area is 203 Å². The summed E-state index contributed by atoms with van der Waals surface area (Å²) in [4.78, 5) is 45.0. The number of fused-ring (bicyclic) bond motifs is 1. The number of benzene rings is 1. The third-order valence-electron chi connectivity index (χ3n) is 6.46. The van der Waals surface area contributed by atoms with Crippen molar-refractivity contribution in [3.8, 4) is 6.07 Å². The van der Waals surface area contributed by atoms with E-state index in [1.165, 1.54) is 7.11 Å². The van der Waals surface area contributed by atoms with Gasteiger partial charge in [-0.15, -0.1) is 0 Å². The molecule has 1 aromatic heterocycles. The van der Waals surface area contributed by atoms with Crippen LogP contribution in [0.1, 0.15) is 32.1 Å². The van der Waals surface area contributed by atoms with Gasteiger partial charge in [-0.25, -0.2) is 4.79 Å². The van der Waals surface area contributed by atoms with Crippen molar-refractivity contribution in [3.05, 3.63) is 41.9 Å². The van der Waals surface area contributed by atoms with E-state index in [1.807, 2.05) is 36.5 Å². The molecule has 0 unspecified atom stereocenters. The van der Waals surface area contributed by atoms with Gasteiger partial charge in [0.2, 0.25) is 11.8 Å². The highest BCUT2D eigenvalue weighted by atomic mass is 16.5. The highest BCUT2D eigenvalue weighted by Crippen LogP contribution is 2.21. The lowest BCUT2D eigenvalue weighted by Crippen LogP contribution is -2.49. The van der Waals surface area contributed by atoms with Gasteiger partial charge in [0.25, 0.3) is 0 Å². The number of H-pyrrole nitrogens is 1. The first kappa shape index (κ1) is 24.1. The topological polar surface area (TPSA) is 131 Å². The number of nitrogens with zero attached hydrogens (tertiary/aromatic N) is 3. The maximum absolute atomic E-state index is 13.4. The molecule has 35 heavy (non-hydrogen) atoms. The molecule has 0 spiro atoms. The fraction of sp³-hybridized carbons (Fsp3) is 0.440. The molecule has 10 heteroatoms. The minimum Gasteiger partial charge on any atom is -0.465 e. The first-order valence-electron chi connectivity index (χ1n) is 11.9. The zero-order valence-electron chi connectivity index (χ0n) is 19.8. The van der Waals surface area contributed by atoms with Gasteiger partial charge in [-0.1, -0.05) is 6.07 Å². The summed E-state index contributed by atoms with van der Waals surface area (Å²) in [5, 5.41) is 16.9. The summed E-state index contributed by atoms with van der Waals surface area (Å²) in [6.45, 7) is 1.99. The van der Waals surface area contributed by atoms with Crippen molar-refractivity contribution < 1.29 is 19.1 Å². The summed E-state index contributed by atoms with van der Waals surface area (Å²) in [6.07, 6.45) is 5.84. The Morgan fingerprint density at radius 2 is 1.94 bits per heavy atom. The molecule has 2 amide bonds. The van der Waals surface area contributed by atoms with Crippen molar-refractivity contribution in [1.82, 2.24) is 20.1 Å². The zero-order valence-corrected chi connectivity index (χ0v) is 19.8. The maximum Gasteiger partial charge on any atom is 0.352 e. The molecule has 2 aliphatic rings. The molecule has 4 rings (SSSR count). The molecule has 184 valence electrons. The van der Waals surface area contributed by atoms with Crippen molar-refractivity contribution >= 4 is 34.4 Å². The molecule has 3 N–H and O–H groups in total. The molecule has 2 aromatic rings. The van der Waals surface area contributed by atoms with Gasteiger partial charge in [0, 0.05) is 37.0 Å². The van der Waals surface area contributed by atoms with E-state index in [9.17, 15) is 19.6 Å². The van der Waals surface area contributed by atoms with Crippen LogP contribution in [-0.4, -0.2) is 71.9 Å². The number of amides is 2. The number of aromatic amines is 1. The van der Waals surface area contributed by atoms with Crippen molar-refractivity contribution in [2.24, 2.45) is 0 Å². The third kappa shape index (κ3) is 5.57. The third-order valence-corrected chi connectivity index (χ3v) is 6.46. The number of nitrogens with one attached hydrogen (secondary N) is 3. The second-order valence-electron chi connectivity index (χ2n) is 8.80. The van der Waals surface area contributed by atoms with Crippen LogP contribution < -0.4 is 10.6 Å². The average molecular weight is 479 g/mol. The zero-order chi connectivity index (χ0) is 24.8. The monoisotopic (exact) mass is 478 g/mol. The Morgan fingerprint density at radius 3 is 2.69 bits per heavy atom. The van der Waals surface area contributed by atoms with Gasteiger partial charge in [-0.3, -0.25) is 9.59 Å². The second kappa shape index (κ2) is 11.0. The van der Waals surface area contributed by atoms with E-state index in [4.69, 9.17) is 4.74 Å². The number of anilines is 1. The highest BCUT2D eigenvalue weighted by Gasteiger charge is 2.31. The molecule has 1 aromatic carbocycles. The number of carbonyl (C=O) groups excluding carboxylic acids is 3. The van der Waals surface area contributed by atoms with E-state index in [2.05, 4.69) is 15.6 Å². The average Bonchev–Trinajstić information content (AvgIpc) is 3.54. The number of carbonyl (C=O) groups is 3. The first-order chi connectivity index (χ1) is 17.0. The fourth-order valence-electron chi connectivity index (χ4n) is 4.55. The van der Waals surface area contributed by atoms with Crippen molar-refractivity contribution in [2.75, 3.05) is 38.6 Å². The van der Waals surface area contributed by atoms with Gasteiger partial charge in [-0.05, 0) is 55.7 Å². The Morgan fingerprint density at radius 1 is 1.17 bits per heavy atom. The van der Waals surface area contributed by atoms with E-state index < -0.39 is 12.0 Å². The number of hydrogen-bond donors (Lipinski definition) is 3. The normalized spacial score (nSPS) is 19.1. The predicted molar refractivity (Wildman–Crippen MR) is 130 cm³/mol. The van der Waals surface area contributed by atoms with Crippen LogP contribution in [0.15, 0.2) is 41.9 Å². The predicted octanol–water partition coefficient (Wildman–Crippen LogP) is 2.08. The summed E-state index contributed by atoms with van der Waals surface area (Å²) < 4.78 is 4.80. The summed E-state index contributed by atoms with van der Waals surface area (Å²) in [7, 11) is 1.20. The number of likely N-dealkylation sites (tertiary alicyclic amines) is 2. The van der Waals surface area contributed by atoms with E-state index >= 15 is 0 Å². The van der Waals surface area contributed by atoms with Crippen molar-refractivity contribution in [3.63, 3.8) is 0 Å². The van der Waals surface area contributed by atoms with Crippen LogP contribution in [0.2, 0.25) is 0 Å². The molecule has 0 radical (unpaired) electrons. The van der Waals surface area contributed by atoms with Crippen molar-refractivity contribution in [2.45, 2.75) is 38.1 Å². The molecule has 2 aliphatic heterocycles. The van der Waals surface area contributed by atoms with Crippen LogP contribution in [0.3, 0.4) is 0 Å². The number of methoxy groups -OCH3 is 1. The fourth-order valence-corrected chi connectivity index (χ4v) is 4.55. The largest absolute Gasteiger partial charge is 0.465 e. The minimum atomic E-state index is -0.814. The van der Waals surface area contributed by atoms with Crippen LogP contribution in [0.25, 0.3) is 10.9 Å². The van der Waals surface area contributed by atoms with Gasteiger partial charge in [0.1, 0.15) is 17.9 Å². The van der Waals surface area contributed by atoms with Crippen LogP contribution in [0, 0.1) is 11.3 Å². The van der Waals surface area contributed by atoms with Crippen LogP contribution in [0.4, 0.5) is 5.69 Å². The molecule has 2 saturated heterocycles. The molecule has 10 nitrogen and oxygen atoms in total. The van der Waals surface area contributed by atoms with Crippen LogP contribution in [0.5, 0.6) is 0 Å². The molecular weight excluding hydrogens is 448 g/mol. The Hall–Kier alpha value is -4.00. The Balaban J connectivity index is 1.57. The van der Waals surface area contributed by atoms with Gasteiger partial charge in [0.05, 0.1) is 13.7 Å². The quantitative estimate of drug-likeness (QED) is 0.315. The SMILES string of the molecule is COC(=O)/C(C#N)=C(/Nc1ccc2cc[nH]c2c1)N[C@H]1CCCCN(CC(=O)N2CCCC2)C1=O. The van der Waals surface area contributed by atoms with E-state index in [0.717, 1.165) is 49.7 Å². The van der Waals surface area contributed by atoms with Gasteiger partial charge in [-0.2, -0.15) is 5.26 Å². The second-order valence-corrected chi connectivity index (χ2v) is 8.80. The summed E-state index contributed by atoms with van der Waals surface area (Å²) in [5.74, 6) is -0.991. The number of nitriles is 1. The number of aromatic nitrogens is 1. The Bertz CT molecular complexity index is 1170. The van der Waals surface area contributed by atoms with E-state index in [0.29, 0.717) is 18.7 Å². The lowest BCUT2D eigenvalue weighted by Gasteiger charge is -2.28. The van der Waals surface area contributed by atoms with E-state index in [-0.39, 0.29) is 29.8 Å². The number of esters is 1. The molecule has 2 fully saturated rings. The molecule has 3 heterocycles. The van der Waals surface area contributed by atoms with Gasteiger partial charge in [0.15, 0.2) is 5.57 Å². The molecule has 0 saturated carbocycles. The summed E-state index contributed by atoms with van der Waals surface area (Å²) >= 11 is 0. The van der Waals surface area contributed by atoms with Gasteiger partial charge >= 0.3 is 5.97 Å². The summed E-state index contributed by atoms with van der Waals surface area (Å²) in [6, 6.07) is 8.70. The molecule has 0 aliphatic carbocycles. The van der Waals surface area contributed by atoms with E-state index in [1.54, 1.807) is 9.80 Å². The lowest BCUT2D eigenvalue weighted by molar-refractivity contribution is -0.140. The standard InChI is InChI=1S/C25H30N6O4/c1-35-25(34)19(15-26)23(28-18-8-7-17-9-10-27-21(17)14-18)29-20-6-2-3-13-31(24(20)33)16-22(32)30-11-4-5-12-30/h7-10,14,20,27-29H,2-6,11-13,16H2,1H3/b23-19-/t20-/m0/s1.